The molecule has 0 aliphatic rings. The van der Waals surface area contributed by atoms with Gasteiger partial charge in [0.2, 0.25) is 0 Å². The first kappa shape index (κ1) is 17.5. The number of aromatic nitrogens is 1. The van der Waals surface area contributed by atoms with Crippen molar-refractivity contribution in [3.8, 4) is 0 Å². The number of carbonyl (C=O) groups excluding carboxylic acids is 1. The second-order valence-corrected chi connectivity index (χ2v) is 7.54. The van der Waals surface area contributed by atoms with Gasteiger partial charge in [-0.3, -0.25) is 4.79 Å². The zero-order valence-corrected chi connectivity index (χ0v) is 15.7. The maximum Gasteiger partial charge on any atom is 0.268 e. The highest BCUT2D eigenvalue weighted by atomic mass is 32.1. The molecule has 0 atom stereocenters. The van der Waals surface area contributed by atoms with Crippen molar-refractivity contribution in [1.82, 2.24) is 9.88 Å². The number of nitrogens with one attached hydrogen (secondary N) is 1. The molecule has 4 aromatic rings. The van der Waals surface area contributed by atoms with Gasteiger partial charge in [-0.2, -0.15) is 0 Å². The summed E-state index contributed by atoms with van der Waals surface area (Å²) in [7, 11) is 0. The van der Waals surface area contributed by atoms with Crippen molar-refractivity contribution >= 4 is 27.5 Å². The van der Waals surface area contributed by atoms with Gasteiger partial charge in [0.25, 0.3) is 5.91 Å². The van der Waals surface area contributed by atoms with Crippen LogP contribution in [0.5, 0.6) is 0 Å². The smallest absolute Gasteiger partial charge is 0.268 e. The van der Waals surface area contributed by atoms with E-state index in [1.165, 1.54) is 17.7 Å². The van der Waals surface area contributed by atoms with E-state index in [0.717, 1.165) is 21.3 Å². The van der Waals surface area contributed by atoms with Crippen molar-refractivity contribution in [2.24, 2.45) is 0 Å². The summed E-state index contributed by atoms with van der Waals surface area (Å²) in [5.74, 6) is -0.458. The summed E-state index contributed by atoms with van der Waals surface area (Å²) in [5, 5.41) is 4.94. The molecule has 0 saturated carbocycles. The third kappa shape index (κ3) is 3.78. The number of halogens is 1. The standard InChI is InChI=1S/C22H19FN2OS/c1-15-4-2-6-17(10-15)14-25-19-8-9-27-21(19)12-20(25)22(26)24-13-16-5-3-7-18(23)11-16/h2-12H,13-14H2,1H3,(H,24,26). The van der Waals surface area contributed by atoms with Gasteiger partial charge >= 0.3 is 0 Å². The van der Waals surface area contributed by atoms with Gasteiger partial charge in [0.1, 0.15) is 11.5 Å². The molecule has 3 nitrogen and oxygen atoms in total. The van der Waals surface area contributed by atoms with Crippen LogP contribution >= 0.6 is 11.3 Å². The molecule has 4 rings (SSSR count). The van der Waals surface area contributed by atoms with E-state index in [0.29, 0.717) is 18.8 Å². The van der Waals surface area contributed by atoms with Crippen LogP contribution < -0.4 is 5.32 Å². The number of rotatable bonds is 5. The Balaban J connectivity index is 1.61. The molecule has 0 aliphatic carbocycles. The molecule has 1 amide bonds. The molecular formula is C22H19FN2OS. The molecule has 2 aromatic heterocycles. The predicted octanol–water partition coefficient (Wildman–Crippen LogP) is 5.13. The highest BCUT2D eigenvalue weighted by Crippen LogP contribution is 2.26. The number of amides is 1. The quantitative estimate of drug-likeness (QED) is 0.513. The fraction of sp³-hybridized carbons (Fsp3) is 0.136. The minimum Gasteiger partial charge on any atom is -0.347 e. The van der Waals surface area contributed by atoms with Crippen molar-refractivity contribution in [3.05, 3.63) is 94.2 Å². The van der Waals surface area contributed by atoms with Gasteiger partial charge in [-0.15, -0.1) is 11.3 Å². The lowest BCUT2D eigenvalue weighted by Crippen LogP contribution is -2.25. The lowest BCUT2D eigenvalue weighted by atomic mass is 10.1. The van der Waals surface area contributed by atoms with E-state index >= 15 is 0 Å². The SMILES string of the molecule is Cc1cccc(Cn2c(C(=O)NCc3cccc(F)c3)cc3sccc32)c1. The fourth-order valence-electron chi connectivity index (χ4n) is 3.25. The van der Waals surface area contributed by atoms with Crippen LogP contribution in [0.4, 0.5) is 4.39 Å². The number of carbonyl (C=O) groups is 1. The van der Waals surface area contributed by atoms with Crippen LogP contribution in [0, 0.1) is 12.7 Å². The van der Waals surface area contributed by atoms with E-state index in [-0.39, 0.29) is 11.7 Å². The van der Waals surface area contributed by atoms with Gasteiger partial charge in [0, 0.05) is 13.1 Å². The summed E-state index contributed by atoms with van der Waals surface area (Å²) in [4.78, 5) is 12.8. The number of thiophene rings is 1. The molecule has 0 bridgehead atoms. The van der Waals surface area contributed by atoms with Gasteiger partial charge in [-0.05, 0) is 47.7 Å². The highest BCUT2D eigenvalue weighted by Gasteiger charge is 2.16. The fourth-order valence-corrected chi connectivity index (χ4v) is 4.07. The topological polar surface area (TPSA) is 34.0 Å². The Morgan fingerprint density at radius 2 is 1.89 bits per heavy atom. The molecule has 5 heteroatoms. The number of benzene rings is 2. The number of hydrogen-bond donors (Lipinski definition) is 1. The lowest BCUT2D eigenvalue weighted by molar-refractivity contribution is 0.0942. The van der Waals surface area contributed by atoms with Crippen LogP contribution in [-0.2, 0) is 13.1 Å². The van der Waals surface area contributed by atoms with E-state index in [1.807, 2.05) is 28.1 Å². The van der Waals surface area contributed by atoms with Crippen LogP contribution in [0.25, 0.3) is 10.2 Å². The third-order valence-electron chi connectivity index (χ3n) is 4.52. The Bertz CT molecular complexity index is 1110. The van der Waals surface area contributed by atoms with Gasteiger partial charge in [0.05, 0.1) is 10.2 Å². The van der Waals surface area contributed by atoms with E-state index in [2.05, 4.69) is 30.4 Å². The van der Waals surface area contributed by atoms with E-state index < -0.39 is 0 Å². The van der Waals surface area contributed by atoms with Gasteiger partial charge in [0.15, 0.2) is 0 Å². The van der Waals surface area contributed by atoms with Gasteiger partial charge < -0.3 is 9.88 Å². The van der Waals surface area contributed by atoms with Crippen LogP contribution in [0.1, 0.15) is 27.2 Å². The first-order valence-electron chi connectivity index (χ1n) is 8.75. The molecule has 2 aromatic carbocycles. The summed E-state index contributed by atoms with van der Waals surface area (Å²) in [6.07, 6.45) is 0. The minimum atomic E-state index is -0.301. The van der Waals surface area contributed by atoms with Crippen molar-refractivity contribution in [2.45, 2.75) is 20.0 Å². The van der Waals surface area contributed by atoms with Crippen molar-refractivity contribution < 1.29 is 9.18 Å². The van der Waals surface area contributed by atoms with Crippen molar-refractivity contribution in [1.29, 1.82) is 0 Å². The van der Waals surface area contributed by atoms with Gasteiger partial charge in [-0.1, -0.05) is 42.0 Å². The third-order valence-corrected chi connectivity index (χ3v) is 5.37. The molecule has 0 aliphatic heterocycles. The molecule has 0 saturated heterocycles. The minimum absolute atomic E-state index is 0.157. The zero-order valence-electron chi connectivity index (χ0n) is 14.9. The normalized spacial score (nSPS) is 11.0. The second-order valence-electron chi connectivity index (χ2n) is 6.59. The summed E-state index contributed by atoms with van der Waals surface area (Å²) >= 11 is 1.62. The molecule has 27 heavy (non-hydrogen) atoms. The van der Waals surface area contributed by atoms with E-state index in [4.69, 9.17) is 0 Å². The maximum absolute atomic E-state index is 13.3. The molecule has 136 valence electrons. The van der Waals surface area contributed by atoms with Crippen LogP contribution in [0.15, 0.2) is 66.0 Å². The second kappa shape index (κ2) is 7.37. The largest absolute Gasteiger partial charge is 0.347 e. The molecule has 0 unspecified atom stereocenters. The highest BCUT2D eigenvalue weighted by molar-refractivity contribution is 7.17. The number of nitrogens with zero attached hydrogens (tertiary/aromatic N) is 1. The van der Waals surface area contributed by atoms with Crippen molar-refractivity contribution in [3.63, 3.8) is 0 Å². The summed E-state index contributed by atoms with van der Waals surface area (Å²) < 4.78 is 16.5. The Hall–Kier alpha value is -2.92. The van der Waals surface area contributed by atoms with Crippen LogP contribution in [0.2, 0.25) is 0 Å². The molecule has 0 fully saturated rings. The lowest BCUT2D eigenvalue weighted by Gasteiger charge is -2.12. The Morgan fingerprint density at radius 3 is 2.70 bits per heavy atom. The average Bonchev–Trinajstić information content (AvgIpc) is 3.23. The van der Waals surface area contributed by atoms with Crippen LogP contribution in [-0.4, -0.2) is 10.5 Å². The maximum atomic E-state index is 13.3. The predicted molar refractivity (Wildman–Crippen MR) is 108 cm³/mol. The monoisotopic (exact) mass is 378 g/mol. The Labute approximate surface area is 161 Å². The first-order valence-corrected chi connectivity index (χ1v) is 9.63. The van der Waals surface area contributed by atoms with E-state index in [9.17, 15) is 9.18 Å². The summed E-state index contributed by atoms with van der Waals surface area (Å²) in [5.41, 5.74) is 4.75. The van der Waals surface area contributed by atoms with E-state index in [1.54, 1.807) is 23.5 Å². The van der Waals surface area contributed by atoms with Crippen LogP contribution in [0.3, 0.4) is 0 Å². The van der Waals surface area contributed by atoms with Gasteiger partial charge in [-0.25, -0.2) is 4.39 Å². The number of hydrogen-bond acceptors (Lipinski definition) is 2. The summed E-state index contributed by atoms with van der Waals surface area (Å²) in [6.45, 7) is 2.98. The average molecular weight is 378 g/mol. The molecule has 0 radical (unpaired) electrons. The van der Waals surface area contributed by atoms with Crippen molar-refractivity contribution in [2.75, 3.05) is 0 Å². The zero-order chi connectivity index (χ0) is 18.8. The Kier molecular flexibility index (Phi) is 4.77. The molecular weight excluding hydrogens is 359 g/mol. The number of aryl methyl sites for hydroxylation is 1. The molecule has 2 heterocycles. The molecule has 1 N–H and O–H groups in total. The first-order chi connectivity index (χ1) is 13.1. The molecule has 0 spiro atoms. The summed E-state index contributed by atoms with van der Waals surface area (Å²) in [6, 6.07) is 18.5. The number of fused-ring (bicyclic) bond motifs is 1. The Morgan fingerprint density at radius 1 is 1.07 bits per heavy atom.